The SMILES string of the molecule is C=C(N=[N+]=[N-])C(=O)NCCc1ccccc1. The van der Waals surface area contributed by atoms with Crippen molar-refractivity contribution in [1.29, 1.82) is 0 Å². The van der Waals surface area contributed by atoms with Gasteiger partial charge in [-0.1, -0.05) is 42.0 Å². The molecule has 0 spiro atoms. The maximum absolute atomic E-state index is 11.2. The largest absolute Gasteiger partial charge is 0.352 e. The van der Waals surface area contributed by atoms with E-state index in [2.05, 4.69) is 21.9 Å². The summed E-state index contributed by atoms with van der Waals surface area (Å²) in [4.78, 5) is 13.7. The molecular formula is C11H12N4O. The molecule has 0 saturated carbocycles. The van der Waals surface area contributed by atoms with Gasteiger partial charge < -0.3 is 5.32 Å². The number of nitrogens with one attached hydrogen (secondary N) is 1. The van der Waals surface area contributed by atoms with Gasteiger partial charge in [-0.25, -0.2) is 0 Å². The number of benzene rings is 1. The van der Waals surface area contributed by atoms with E-state index in [1.165, 1.54) is 0 Å². The summed E-state index contributed by atoms with van der Waals surface area (Å²) in [5.41, 5.74) is 9.13. The first-order valence-corrected chi connectivity index (χ1v) is 4.80. The van der Waals surface area contributed by atoms with E-state index in [1.807, 2.05) is 30.3 Å². The molecule has 1 N–H and O–H groups in total. The van der Waals surface area contributed by atoms with Crippen LogP contribution in [0.2, 0.25) is 0 Å². The summed E-state index contributed by atoms with van der Waals surface area (Å²) in [6.45, 7) is 3.83. The second kappa shape index (κ2) is 6.27. The van der Waals surface area contributed by atoms with E-state index in [4.69, 9.17) is 5.53 Å². The van der Waals surface area contributed by atoms with Crippen LogP contribution in [0.4, 0.5) is 0 Å². The Kier molecular flexibility index (Phi) is 4.63. The van der Waals surface area contributed by atoms with E-state index in [0.717, 1.165) is 12.0 Å². The van der Waals surface area contributed by atoms with Gasteiger partial charge in [-0.3, -0.25) is 4.79 Å². The zero-order valence-electron chi connectivity index (χ0n) is 8.76. The van der Waals surface area contributed by atoms with Crippen molar-refractivity contribution in [3.05, 3.63) is 58.6 Å². The molecule has 1 rings (SSSR count). The third-order valence-corrected chi connectivity index (χ3v) is 1.97. The fourth-order valence-electron chi connectivity index (χ4n) is 1.17. The van der Waals surface area contributed by atoms with Crippen molar-refractivity contribution in [3.8, 4) is 0 Å². The topological polar surface area (TPSA) is 77.9 Å². The average molecular weight is 216 g/mol. The van der Waals surface area contributed by atoms with Crippen molar-refractivity contribution >= 4 is 5.91 Å². The molecule has 1 aromatic carbocycles. The quantitative estimate of drug-likeness (QED) is 0.348. The Balaban J connectivity index is 2.34. The second-order valence-corrected chi connectivity index (χ2v) is 3.13. The highest BCUT2D eigenvalue weighted by Gasteiger charge is 2.02. The molecule has 82 valence electrons. The lowest BCUT2D eigenvalue weighted by Crippen LogP contribution is -2.26. The highest BCUT2D eigenvalue weighted by atomic mass is 16.2. The van der Waals surface area contributed by atoms with Gasteiger partial charge in [0.15, 0.2) is 0 Å². The van der Waals surface area contributed by atoms with Crippen molar-refractivity contribution in [1.82, 2.24) is 5.32 Å². The lowest BCUT2D eigenvalue weighted by Gasteiger charge is -2.04. The molecule has 0 aliphatic heterocycles. The van der Waals surface area contributed by atoms with E-state index < -0.39 is 5.91 Å². The van der Waals surface area contributed by atoms with Gasteiger partial charge in [-0.2, -0.15) is 0 Å². The zero-order valence-corrected chi connectivity index (χ0v) is 8.76. The van der Waals surface area contributed by atoms with Crippen LogP contribution in [0, 0.1) is 0 Å². The van der Waals surface area contributed by atoms with Crippen molar-refractivity contribution in [3.63, 3.8) is 0 Å². The summed E-state index contributed by atoms with van der Waals surface area (Å²) in [7, 11) is 0. The number of carbonyl (C=O) groups is 1. The Morgan fingerprint density at radius 1 is 1.44 bits per heavy atom. The molecule has 0 aromatic heterocycles. The summed E-state index contributed by atoms with van der Waals surface area (Å²) in [6, 6.07) is 9.78. The summed E-state index contributed by atoms with van der Waals surface area (Å²) in [6.07, 6.45) is 0.732. The molecule has 5 heteroatoms. The first-order chi connectivity index (χ1) is 7.74. The van der Waals surface area contributed by atoms with E-state index in [-0.39, 0.29) is 5.70 Å². The maximum Gasteiger partial charge on any atom is 0.253 e. The normalized spacial score (nSPS) is 9.00. The third-order valence-electron chi connectivity index (χ3n) is 1.97. The van der Waals surface area contributed by atoms with Gasteiger partial charge in [0.2, 0.25) is 0 Å². The van der Waals surface area contributed by atoms with E-state index in [9.17, 15) is 4.79 Å². The molecule has 0 aliphatic carbocycles. The van der Waals surface area contributed by atoms with Crippen LogP contribution in [0.15, 0.2) is 47.7 Å². The van der Waals surface area contributed by atoms with Crippen LogP contribution >= 0.6 is 0 Å². The molecule has 0 bridgehead atoms. The summed E-state index contributed by atoms with van der Waals surface area (Å²) in [5.74, 6) is -0.436. The fourth-order valence-corrected chi connectivity index (χ4v) is 1.17. The molecule has 0 fully saturated rings. The average Bonchev–Trinajstić information content (AvgIpc) is 2.30. The molecule has 16 heavy (non-hydrogen) atoms. The number of hydrogen-bond acceptors (Lipinski definition) is 2. The van der Waals surface area contributed by atoms with E-state index >= 15 is 0 Å². The van der Waals surface area contributed by atoms with Gasteiger partial charge in [0.1, 0.15) is 0 Å². The van der Waals surface area contributed by atoms with Gasteiger partial charge in [0, 0.05) is 11.5 Å². The Hall–Kier alpha value is -2.26. The lowest BCUT2D eigenvalue weighted by atomic mass is 10.1. The lowest BCUT2D eigenvalue weighted by molar-refractivity contribution is -0.117. The van der Waals surface area contributed by atoms with Gasteiger partial charge in [0.25, 0.3) is 5.91 Å². The third kappa shape index (κ3) is 3.86. The monoisotopic (exact) mass is 216 g/mol. The minimum Gasteiger partial charge on any atom is -0.352 e. The Morgan fingerprint density at radius 3 is 2.75 bits per heavy atom. The molecule has 0 atom stereocenters. The molecule has 0 saturated heterocycles. The summed E-state index contributed by atoms with van der Waals surface area (Å²) < 4.78 is 0. The number of amides is 1. The van der Waals surface area contributed by atoms with E-state index in [0.29, 0.717) is 6.54 Å². The summed E-state index contributed by atoms with van der Waals surface area (Å²) in [5, 5.41) is 5.74. The standard InChI is InChI=1S/C11H12N4O/c1-9(14-15-12)11(16)13-8-7-10-5-3-2-4-6-10/h2-6H,1,7-8H2,(H,13,16). The van der Waals surface area contributed by atoms with Crippen LogP contribution in [0.3, 0.4) is 0 Å². The number of carbonyl (C=O) groups excluding carboxylic acids is 1. The van der Waals surface area contributed by atoms with Crippen LogP contribution in [0.5, 0.6) is 0 Å². The smallest absolute Gasteiger partial charge is 0.253 e. The van der Waals surface area contributed by atoms with Crippen LogP contribution in [0.1, 0.15) is 5.56 Å². The highest BCUT2D eigenvalue weighted by molar-refractivity contribution is 5.92. The minimum absolute atomic E-state index is 0.115. The minimum atomic E-state index is -0.436. The first kappa shape index (κ1) is 11.8. The van der Waals surface area contributed by atoms with Gasteiger partial charge in [-0.15, -0.1) is 0 Å². The zero-order chi connectivity index (χ0) is 11.8. The van der Waals surface area contributed by atoms with Crippen molar-refractivity contribution < 1.29 is 4.79 Å². The first-order valence-electron chi connectivity index (χ1n) is 4.80. The van der Waals surface area contributed by atoms with Crippen LogP contribution < -0.4 is 5.32 Å². The molecule has 0 aliphatic rings. The molecule has 5 nitrogen and oxygen atoms in total. The predicted molar refractivity (Wildman–Crippen MR) is 61.4 cm³/mol. The van der Waals surface area contributed by atoms with Crippen LogP contribution in [0.25, 0.3) is 10.4 Å². The molecule has 1 aromatic rings. The maximum atomic E-state index is 11.2. The molecule has 0 heterocycles. The van der Waals surface area contributed by atoms with Crippen LogP contribution in [-0.4, -0.2) is 12.5 Å². The van der Waals surface area contributed by atoms with Gasteiger partial charge in [-0.05, 0) is 17.5 Å². The second-order valence-electron chi connectivity index (χ2n) is 3.13. The highest BCUT2D eigenvalue weighted by Crippen LogP contribution is 1.99. The number of rotatable bonds is 5. The fraction of sp³-hybridized carbons (Fsp3) is 0.182. The molecular weight excluding hydrogens is 204 g/mol. The predicted octanol–water partition coefficient (Wildman–Crippen LogP) is 2.17. The molecule has 0 radical (unpaired) electrons. The Bertz CT molecular complexity index is 421. The van der Waals surface area contributed by atoms with E-state index in [1.54, 1.807) is 0 Å². The summed E-state index contributed by atoms with van der Waals surface area (Å²) >= 11 is 0. The van der Waals surface area contributed by atoms with Crippen LogP contribution in [-0.2, 0) is 11.2 Å². The van der Waals surface area contributed by atoms with Gasteiger partial charge >= 0.3 is 0 Å². The van der Waals surface area contributed by atoms with Crippen molar-refractivity contribution in [2.45, 2.75) is 6.42 Å². The van der Waals surface area contributed by atoms with Crippen molar-refractivity contribution in [2.24, 2.45) is 5.11 Å². The number of azide groups is 1. The van der Waals surface area contributed by atoms with Gasteiger partial charge in [0.05, 0.1) is 5.70 Å². The molecule has 0 unspecified atom stereocenters. The van der Waals surface area contributed by atoms with Crippen molar-refractivity contribution in [2.75, 3.05) is 6.54 Å². The number of hydrogen-bond donors (Lipinski definition) is 1. The number of nitrogens with zero attached hydrogens (tertiary/aromatic N) is 3. The Labute approximate surface area is 93.4 Å². The Morgan fingerprint density at radius 2 is 2.12 bits per heavy atom. The molecule has 1 amide bonds.